The predicted octanol–water partition coefficient (Wildman–Crippen LogP) is 5.35. The van der Waals surface area contributed by atoms with Crippen LogP contribution >= 0.6 is 11.6 Å². The third kappa shape index (κ3) is 3.16. The van der Waals surface area contributed by atoms with Crippen LogP contribution in [-0.2, 0) is 6.18 Å². The van der Waals surface area contributed by atoms with Crippen molar-refractivity contribution in [1.29, 1.82) is 0 Å². The van der Waals surface area contributed by atoms with Gasteiger partial charge < -0.3 is 5.32 Å². The summed E-state index contributed by atoms with van der Waals surface area (Å²) in [5, 5.41) is 3.51. The predicted molar refractivity (Wildman–Crippen MR) is 71.5 cm³/mol. The van der Waals surface area contributed by atoms with Crippen molar-refractivity contribution >= 4 is 17.3 Å². The first-order chi connectivity index (χ1) is 8.70. The molecule has 0 bridgehead atoms. The van der Waals surface area contributed by atoms with Crippen LogP contribution in [0.4, 0.5) is 18.9 Å². The fraction of sp³-hybridized carbons (Fsp3) is 0.571. The van der Waals surface area contributed by atoms with Crippen molar-refractivity contribution in [3.63, 3.8) is 0 Å². The van der Waals surface area contributed by atoms with Crippen LogP contribution in [0.15, 0.2) is 18.2 Å². The zero-order valence-electron chi connectivity index (χ0n) is 10.9. The Morgan fingerprint density at radius 1 is 1.32 bits per heavy atom. The fourth-order valence-corrected chi connectivity index (χ4v) is 2.77. The average Bonchev–Trinajstić information content (AvgIpc) is 2.60. The lowest BCUT2D eigenvalue weighted by molar-refractivity contribution is -0.137. The van der Waals surface area contributed by atoms with Crippen LogP contribution < -0.4 is 5.32 Å². The molecule has 1 saturated carbocycles. The Bertz CT molecular complexity index is 468. The highest BCUT2D eigenvalue weighted by atomic mass is 35.5. The molecule has 5 heteroatoms. The minimum absolute atomic E-state index is 0.0809. The highest BCUT2D eigenvalue weighted by molar-refractivity contribution is 6.33. The molecule has 1 nitrogen and oxygen atoms in total. The maximum Gasteiger partial charge on any atom is 0.416 e. The Kier molecular flexibility index (Phi) is 3.74. The van der Waals surface area contributed by atoms with Gasteiger partial charge in [0.2, 0.25) is 0 Å². The largest absolute Gasteiger partial charge is 0.416 e. The van der Waals surface area contributed by atoms with Crippen molar-refractivity contribution in [2.75, 3.05) is 5.32 Å². The summed E-state index contributed by atoms with van der Waals surface area (Å²) < 4.78 is 38.1. The second kappa shape index (κ2) is 4.89. The normalized spacial score (nSPS) is 22.5. The molecule has 19 heavy (non-hydrogen) atoms. The smallest absolute Gasteiger partial charge is 0.381 e. The van der Waals surface area contributed by atoms with E-state index in [-0.39, 0.29) is 11.5 Å². The first kappa shape index (κ1) is 14.5. The maximum atomic E-state index is 12.7. The number of halogens is 4. The Labute approximate surface area is 116 Å². The number of hydrogen-bond donors (Lipinski definition) is 1. The second-order valence-electron chi connectivity index (χ2n) is 5.77. The Hall–Kier alpha value is -0.900. The van der Waals surface area contributed by atoms with E-state index in [1.165, 1.54) is 6.07 Å². The van der Waals surface area contributed by atoms with E-state index in [1.54, 1.807) is 0 Å². The third-order valence-electron chi connectivity index (χ3n) is 3.88. The summed E-state index contributed by atoms with van der Waals surface area (Å²) in [5.41, 5.74) is -0.218. The highest BCUT2D eigenvalue weighted by Crippen LogP contribution is 2.41. The summed E-state index contributed by atoms with van der Waals surface area (Å²) in [6, 6.07) is 3.56. The Balaban J connectivity index is 2.25. The zero-order valence-corrected chi connectivity index (χ0v) is 11.7. The van der Waals surface area contributed by atoms with Gasteiger partial charge in [0.1, 0.15) is 0 Å². The molecule has 0 aliphatic heterocycles. The van der Waals surface area contributed by atoms with Crippen LogP contribution in [0.25, 0.3) is 0 Å². The van der Waals surface area contributed by atoms with E-state index in [1.807, 2.05) is 0 Å². The summed E-state index contributed by atoms with van der Waals surface area (Å²) in [5.74, 6) is 0. The molecule has 0 radical (unpaired) electrons. The summed E-state index contributed by atoms with van der Waals surface area (Å²) >= 11 is 5.99. The van der Waals surface area contributed by atoms with E-state index >= 15 is 0 Å². The van der Waals surface area contributed by atoms with Crippen molar-refractivity contribution in [2.24, 2.45) is 5.41 Å². The molecular weight excluding hydrogens is 275 g/mol. The van der Waals surface area contributed by atoms with E-state index in [0.717, 1.165) is 31.4 Å². The van der Waals surface area contributed by atoms with Crippen LogP contribution in [0, 0.1) is 5.41 Å². The van der Waals surface area contributed by atoms with Gasteiger partial charge in [-0.25, -0.2) is 0 Å². The molecule has 1 aromatic rings. The minimum atomic E-state index is -4.34. The van der Waals surface area contributed by atoms with Crippen molar-refractivity contribution in [3.05, 3.63) is 28.8 Å². The van der Waals surface area contributed by atoms with Crippen molar-refractivity contribution in [1.82, 2.24) is 0 Å². The molecule has 0 amide bonds. The Morgan fingerprint density at radius 3 is 2.53 bits per heavy atom. The summed E-state index contributed by atoms with van der Waals surface area (Å²) in [7, 11) is 0. The standard InChI is InChI=1S/C14H17ClF3N/c1-13(2)7-3-4-12(13)19-11-8-9(14(16,17)18)5-6-10(11)15/h5-6,8,12,19H,3-4,7H2,1-2H3. The van der Waals surface area contributed by atoms with E-state index in [2.05, 4.69) is 19.2 Å². The van der Waals surface area contributed by atoms with Gasteiger partial charge in [0.25, 0.3) is 0 Å². The van der Waals surface area contributed by atoms with Gasteiger partial charge in [-0.1, -0.05) is 31.9 Å². The molecule has 1 aromatic carbocycles. The number of alkyl halides is 3. The fourth-order valence-electron chi connectivity index (χ4n) is 2.59. The third-order valence-corrected chi connectivity index (χ3v) is 4.21. The van der Waals surface area contributed by atoms with Gasteiger partial charge in [0.15, 0.2) is 0 Å². The lowest BCUT2D eigenvalue weighted by atomic mass is 9.87. The van der Waals surface area contributed by atoms with Gasteiger partial charge in [0.05, 0.1) is 16.3 Å². The topological polar surface area (TPSA) is 12.0 Å². The SMILES string of the molecule is CC1(C)CCCC1Nc1cc(C(F)(F)F)ccc1Cl. The minimum Gasteiger partial charge on any atom is -0.381 e. The molecule has 1 aliphatic carbocycles. The number of anilines is 1. The molecule has 1 atom stereocenters. The molecule has 1 N–H and O–H groups in total. The van der Waals surface area contributed by atoms with Crippen molar-refractivity contribution in [3.8, 4) is 0 Å². The average molecular weight is 292 g/mol. The number of nitrogens with one attached hydrogen (secondary N) is 1. The molecule has 2 rings (SSSR count). The molecule has 106 valence electrons. The summed E-state index contributed by atoms with van der Waals surface area (Å²) in [6.45, 7) is 4.25. The van der Waals surface area contributed by atoms with Gasteiger partial charge in [-0.3, -0.25) is 0 Å². The van der Waals surface area contributed by atoms with Crippen LogP contribution in [0.1, 0.15) is 38.7 Å². The molecule has 1 aliphatic rings. The first-order valence-corrected chi connectivity index (χ1v) is 6.71. The van der Waals surface area contributed by atoms with E-state index in [9.17, 15) is 13.2 Å². The van der Waals surface area contributed by atoms with Crippen molar-refractivity contribution in [2.45, 2.75) is 45.3 Å². The van der Waals surface area contributed by atoms with Crippen LogP contribution in [0.5, 0.6) is 0 Å². The Morgan fingerprint density at radius 2 is 2.00 bits per heavy atom. The molecule has 1 fully saturated rings. The second-order valence-corrected chi connectivity index (χ2v) is 6.18. The van der Waals surface area contributed by atoms with Gasteiger partial charge in [-0.2, -0.15) is 13.2 Å². The quantitative estimate of drug-likeness (QED) is 0.774. The maximum absolute atomic E-state index is 12.7. The van der Waals surface area contributed by atoms with Crippen LogP contribution in [-0.4, -0.2) is 6.04 Å². The van der Waals surface area contributed by atoms with E-state index in [0.29, 0.717) is 10.7 Å². The number of hydrogen-bond acceptors (Lipinski definition) is 1. The summed E-state index contributed by atoms with van der Waals surface area (Å²) in [4.78, 5) is 0. The lowest BCUT2D eigenvalue weighted by Gasteiger charge is -2.29. The highest BCUT2D eigenvalue weighted by Gasteiger charge is 2.35. The molecule has 0 saturated heterocycles. The molecule has 0 aromatic heterocycles. The van der Waals surface area contributed by atoms with Crippen molar-refractivity contribution < 1.29 is 13.2 Å². The lowest BCUT2D eigenvalue weighted by Crippen LogP contribution is -2.31. The monoisotopic (exact) mass is 291 g/mol. The number of benzene rings is 1. The van der Waals surface area contributed by atoms with Gasteiger partial charge in [-0.15, -0.1) is 0 Å². The van der Waals surface area contributed by atoms with E-state index < -0.39 is 11.7 Å². The zero-order chi connectivity index (χ0) is 14.3. The molecule has 1 unspecified atom stereocenters. The molecular formula is C14H17ClF3N. The number of rotatable bonds is 2. The van der Waals surface area contributed by atoms with E-state index in [4.69, 9.17) is 11.6 Å². The van der Waals surface area contributed by atoms with Gasteiger partial charge in [-0.05, 0) is 36.5 Å². The summed E-state index contributed by atoms with van der Waals surface area (Å²) in [6.07, 6.45) is -1.23. The van der Waals surface area contributed by atoms with Gasteiger partial charge >= 0.3 is 6.18 Å². The molecule has 0 heterocycles. The van der Waals surface area contributed by atoms with Crippen LogP contribution in [0.3, 0.4) is 0 Å². The van der Waals surface area contributed by atoms with Crippen LogP contribution in [0.2, 0.25) is 5.02 Å². The van der Waals surface area contributed by atoms with Gasteiger partial charge in [0, 0.05) is 6.04 Å². The molecule has 0 spiro atoms. The first-order valence-electron chi connectivity index (χ1n) is 6.33.